The monoisotopic (exact) mass is 971 g/mol. The standard InChI is InChI=1S/C30H40N9O22P3/c1-11-5-37(29(45)35-24(11)42)18-3-13(15(57-18)7-54-62(47,48)49)60-63(50,51)55-8-16-14(4-19(58-16)38-6-12(2)25(43)36-30(38)46)61-64(52,53)56-9-17-21(40)22(41)27(59-17)39-10-32-20-23(39)33-28(31)34-26(20)44/h5-6,10,13-19,21-22,27,40-41H,3-4,7-9H2,1-2H3,(H,50,51)(H,52,53)(H,35,42,45)(H,36,43,46)(H2,47,48,49)(H3,31,33,34,44)/t13-,14-,15+,16+,17+,18+,19+,21+,22+,27+/m0/s1. The first-order chi connectivity index (χ1) is 29.9. The second-order valence-corrected chi connectivity index (χ2v) is 18.7. The Morgan fingerprint density at radius 1 is 0.703 bits per heavy atom. The van der Waals surface area contributed by atoms with Crippen LogP contribution in [-0.4, -0.2) is 131 Å². The van der Waals surface area contributed by atoms with Crippen LogP contribution in [0, 0.1) is 13.8 Å². The van der Waals surface area contributed by atoms with Crippen LogP contribution in [0.3, 0.4) is 0 Å². The van der Waals surface area contributed by atoms with Crippen LogP contribution in [0.25, 0.3) is 11.2 Å². The minimum absolute atomic E-state index is 0.0452. The Morgan fingerprint density at radius 3 is 1.69 bits per heavy atom. The number of aromatic amines is 3. The van der Waals surface area contributed by atoms with Gasteiger partial charge in [-0.1, -0.05) is 0 Å². The number of nitrogens with zero attached hydrogens (tertiary/aromatic N) is 5. The molecule has 0 aliphatic carbocycles. The highest BCUT2D eigenvalue weighted by atomic mass is 31.2. The van der Waals surface area contributed by atoms with Gasteiger partial charge in [-0.3, -0.25) is 65.7 Å². The number of nitrogens with two attached hydrogens (primary N) is 1. The largest absolute Gasteiger partial charge is 0.472 e. The third-order valence-corrected chi connectivity index (χ3v) is 12.6. The van der Waals surface area contributed by atoms with E-state index < -0.39 is 146 Å². The predicted molar refractivity (Wildman–Crippen MR) is 207 cm³/mol. The van der Waals surface area contributed by atoms with Gasteiger partial charge in [0.25, 0.3) is 16.7 Å². The Balaban J connectivity index is 1.06. The van der Waals surface area contributed by atoms with Crippen LogP contribution in [0.2, 0.25) is 0 Å². The zero-order valence-corrected chi connectivity index (χ0v) is 35.6. The summed E-state index contributed by atoms with van der Waals surface area (Å²) in [5, 5.41) is 21.5. The molecule has 0 bridgehead atoms. The smallest absolute Gasteiger partial charge is 0.387 e. The van der Waals surface area contributed by atoms with E-state index in [0.29, 0.717) is 0 Å². The van der Waals surface area contributed by atoms with E-state index in [9.17, 15) is 67.5 Å². The number of ether oxygens (including phenoxy) is 3. The zero-order valence-electron chi connectivity index (χ0n) is 32.9. The SMILES string of the molecule is Cc1cn([C@H]2C[C@H](OP(=O)(O)OC[C@H]3O[C@@H](n4cc(C)c(=O)[nH]c4=O)C[C@@H]3OP(=O)(O)OC[C@H]3O[C@@H](n4cnc5c(=O)[nH]c(N)nc54)[C@H](O)[C@@H]3O)[C@@H](COP(=O)(O)O)O2)c(=O)[nH]c1=O. The van der Waals surface area contributed by atoms with E-state index in [1.807, 2.05) is 4.98 Å². The van der Waals surface area contributed by atoms with Crippen molar-refractivity contribution < 1.29 is 80.3 Å². The van der Waals surface area contributed by atoms with Crippen molar-refractivity contribution in [2.24, 2.45) is 0 Å². The summed E-state index contributed by atoms with van der Waals surface area (Å²) in [5.74, 6) is -0.295. The molecule has 352 valence electrons. The molecular weight excluding hydrogens is 931 g/mol. The Hall–Kier alpha value is -4.36. The Bertz CT molecular complexity index is 2850. The Morgan fingerprint density at radius 2 is 1.19 bits per heavy atom. The number of imidazole rings is 1. The molecule has 11 N–H and O–H groups in total. The highest BCUT2D eigenvalue weighted by molar-refractivity contribution is 7.47. The van der Waals surface area contributed by atoms with Crippen LogP contribution in [-0.2, 0) is 50.5 Å². The summed E-state index contributed by atoms with van der Waals surface area (Å²) in [6.07, 6.45) is -13.1. The number of aliphatic hydroxyl groups is 2. The Kier molecular flexibility index (Phi) is 13.5. The van der Waals surface area contributed by atoms with Gasteiger partial charge in [0.2, 0.25) is 5.95 Å². The molecule has 0 amide bonds. The van der Waals surface area contributed by atoms with Crippen LogP contribution < -0.4 is 33.8 Å². The molecule has 3 fully saturated rings. The lowest BCUT2D eigenvalue weighted by Gasteiger charge is -2.24. The van der Waals surface area contributed by atoms with E-state index in [0.717, 1.165) is 32.4 Å². The van der Waals surface area contributed by atoms with E-state index in [1.165, 1.54) is 13.8 Å². The number of rotatable bonds is 16. The summed E-state index contributed by atoms with van der Waals surface area (Å²) < 4.78 is 83.8. The van der Waals surface area contributed by atoms with Gasteiger partial charge in [-0.15, -0.1) is 0 Å². The number of nitrogen functional groups attached to an aromatic ring is 1. The molecule has 3 saturated heterocycles. The summed E-state index contributed by atoms with van der Waals surface area (Å²) in [4.78, 5) is 116. The van der Waals surface area contributed by atoms with Gasteiger partial charge in [0.05, 0.1) is 26.1 Å². The molecule has 0 aromatic carbocycles. The summed E-state index contributed by atoms with van der Waals surface area (Å²) in [6, 6.07) is 0. The number of nitrogens with one attached hydrogen (secondary N) is 3. The fourth-order valence-electron chi connectivity index (χ4n) is 7.00. The normalized spacial score (nSPS) is 29.3. The van der Waals surface area contributed by atoms with Gasteiger partial charge in [-0.05, 0) is 13.8 Å². The average molecular weight is 972 g/mol. The van der Waals surface area contributed by atoms with Crippen LogP contribution in [0.5, 0.6) is 0 Å². The summed E-state index contributed by atoms with van der Waals surface area (Å²) in [5.41, 5.74) is 1.33. The minimum atomic E-state index is -5.32. The van der Waals surface area contributed by atoms with Gasteiger partial charge in [-0.2, -0.15) is 4.98 Å². The lowest BCUT2D eigenvalue weighted by molar-refractivity contribution is -0.0624. The number of phosphoric acid groups is 3. The maximum atomic E-state index is 13.4. The summed E-state index contributed by atoms with van der Waals surface area (Å²) in [6.45, 7) is -0.111. The number of hydrogen-bond donors (Lipinski definition) is 10. The second kappa shape index (κ2) is 18.1. The number of fused-ring (bicyclic) bond motifs is 1. The van der Waals surface area contributed by atoms with Gasteiger partial charge in [0.1, 0.15) is 55.2 Å². The first-order valence-corrected chi connectivity index (χ1v) is 23.1. The van der Waals surface area contributed by atoms with Crippen molar-refractivity contribution in [1.29, 1.82) is 0 Å². The van der Waals surface area contributed by atoms with E-state index in [4.69, 9.17) is 38.0 Å². The van der Waals surface area contributed by atoms with Crippen LogP contribution in [0.1, 0.15) is 42.7 Å². The number of H-pyrrole nitrogens is 3. The first-order valence-electron chi connectivity index (χ1n) is 18.6. The highest BCUT2D eigenvalue weighted by Gasteiger charge is 2.48. The number of anilines is 1. The van der Waals surface area contributed by atoms with Gasteiger partial charge in [0, 0.05) is 36.4 Å². The van der Waals surface area contributed by atoms with Crippen molar-refractivity contribution in [2.45, 2.75) is 88.1 Å². The number of aromatic nitrogens is 8. The maximum absolute atomic E-state index is 13.4. The van der Waals surface area contributed by atoms with E-state index >= 15 is 0 Å². The molecule has 2 unspecified atom stereocenters. The topological polar surface area (TPSA) is 446 Å². The number of phosphoric ester groups is 3. The fourth-order valence-corrected chi connectivity index (χ4v) is 9.26. The van der Waals surface area contributed by atoms with Crippen molar-refractivity contribution in [2.75, 3.05) is 25.6 Å². The molecule has 7 heterocycles. The van der Waals surface area contributed by atoms with Gasteiger partial charge < -0.3 is 49.7 Å². The third-order valence-electron chi connectivity index (χ3n) is 10.1. The number of aliphatic hydroxyl groups excluding tert-OH is 2. The number of aryl methyl sites for hydroxylation is 2. The predicted octanol–water partition coefficient (Wildman–Crippen LogP) is -3.27. The molecule has 34 heteroatoms. The quantitative estimate of drug-likeness (QED) is 0.0492. The highest BCUT2D eigenvalue weighted by Crippen LogP contribution is 2.52. The fraction of sp³-hybridized carbons (Fsp3) is 0.567. The second-order valence-electron chi connectivity index (χ2n) is 14.6. The molecule has 12 atom stereocenters. The number of hydrogen-bond acceptors (Lipinski definition) is 21. The third kappa shape index (κ3) is 10.5. The molecule has 3 aliphatic heterocycles. The van der Waals surface area contributed by atoms with Crippen molar-refractivity contribution in [1.82, 2.24) is 38.6 Å². The van der Waals surface area contributed by atoms with Gasteiger partial charge >= 0.3 is 34.8 Å². The van der Waals surface area contributed by atoms with Crippen molar-refractivity contribution in [3.8, 4) is 0 Å². The van der Waals surface area contributed by atoms with Crippen molar-refractivity contribution in [3.05, 3.63) is 81.9 Å². The van der Waals surface area contributed by atoms with Crippen molar-refractivity contribution in [3.63, 3.8) is 0 Å². The zero-order chi connectivity index (χ0) is 46.6. The van der Waals surface area contributed by atoms with Gasteiger partial charge in [-0.25, -0.2) is 28.3 Å². The molecule has 4 aromatic rings. The summed E-state index contributed by atoms with van der Waals surface area (Å²) >= 11 is 0. The molecule has 7 rings (SSSR count). The molecule has 4 aromatic heterocycles. The minimum Gasteiger partial charge on any atom is -0.387 e. The molecule has 0 radical (unpaired) electrons. The van der Waals surface area contributed by atoms with E-state index in [1.54, 1.807) is 0 Å². The molecule has 31 nitrogen and oxygen atoms in total. The average Bonchev–Trinajstić information content (AvgIpc) is 3.97. The van der Waals surface area contributed by atoms with Gasteiger partial charge in [0.15, 0.2) is 17.4 Å². The van der Waals surface area contributed by atoms with Crippen molar-refractivity contribution >= 4 is 40.6 Å². The van der Waals surface area contributed by atoms with Crippen LogP contribution >= 0.6 is 23.5 Å². The van der Waals surface area contributed by atoms with E-state index in [-0.39, 0.29) is 28.2 Å². The Labute approximate surface area is 354 Å². The molecule has 3 aliphatic rings. The maximum Gasteiger partial charge on any atom is 0.472 e. The summed E-state index contributed by atoms with van der Waals surface area (Å²) in [7, 11) is -15.7. The lowest BCUT2D eigenvalue weighted by Crippen LogP contribution is -2.34. The molecule has 0 spiro atoms. The van der Waals surface area contributed by atoms with Crippen LogP contribution in [0.15, 0.2) is 42.7 Å². The molecular formula is C30H40N9O22P3. The van der Waals surface area contributed by atoms with Crippen LogP contribution in [0.4, 0.5) is 5.95 Å². The molecule has 0 saturated carbocycles. The van der Waals surface area contributed by atoms with E-state index in [2.05, 4.69) is 24.5 Å². The molecule has 64 heavy (non-hydrogen) atoms. The first kappa shape index (κ1) is 47.6. The lowest BCUT2D eigenvalue weighted by atomic mass is 10.1.